The van der Waals surface area contributed by atoms with Crippen molar-refractivity contribution in [2.24, 2.45) is 0 Å². The summed E-state index contributed by atoms with van der Waals surface area (Å²) in [6.45, 7) is 6.32. The minimum absolute atomic E-state index is 0.00397. The molecule has 5 nitrogen and oxygen atoms in total. The molecule has 0 bridgehead atoms. The molecule has 0 aliphatic carbocycles. The summed E-state index contributed by atoms with van der Waals surface area (Å²) in [5, 5.41) is 14.2. The van der Waals surface area contributed by atoms with Gasteiger partial charge in [-0.05, 0) is 43.3 Å². The Morgan fingerprint density at radius 1 is 1.26 bits per heavy atom. The van der Waals surface area contributed by atoms with Crippen LogP contribution in [-0.4, -0.2) is 25.7 Å². The molecule has 2 aromatic rings. The van der Waals surface area contributed by atoms with Gasteiger partial charge in [0.2, 0.25) is 0 Å². The number of hydrogen-bond donors (Lipinski definition) is 1. The van der Waals surface area contributed by atoms with Crippen molar-refractivity contribution in [3.8, 4) is 5.69 Å². The Bertz CT molecular complexity index is 574. The van der Waals surface area contributed by atoms with Crippen molar-refractivity contribution in [1.29, 1.82) is 0 Å². The van der Waals surface area contributed by atoms with Gasteiger partial charge in [0.25, 0.3) is 0 Å². The Morgan fingerprint density at radius 2 is 2.00 bits per heavy atom. The van der Waals surface area contributed by atoms with Crippen LogP contribution in [0.1, 0.15) is 26.6 Å². The smallest absolute Gasteiger partial charge is 0.170 e. The third-order valence-corrected chi connectivity index (χ3v) is 2.45. The first-order valence-corrected chi connectivity index (χ1v) is 5.84. The molecule has 1 N–H and O–H groups in total. The molecule has 19 heavy (non-hydrogen) atoms. The number of aromatic nitrogens is 4. The quantitative estimate of drug-likeness (QED) is 0.921. The fourth-order valence-corrected chi connectivity index (χ4v) is 1.50. The van der Waals surface area contributed by atoms with Crippen molar-refractivity contribution in [2.45, 2.75) is 32.9 Å². The van der Waals surface area contributed by atoms with Crippen LogP contribution in [0.25, 0.3) is 5.69 Å². The molecule has 0 radical (unpaired) electrons. The normalized spacial score (nSPS) is 11.8. The van der Waals surface area contributed by atoms with Crippen LogP contribution in [-0.2, 0) is 6.54 Å². The van der Waals surface area contributed by atoms with Crippen molar-refractivity contribution in [1.82, 2.24) is 25.5 Å². The molecule has 1 aromatic carbocycles. The van der Waals surface area contributed by atoms with Gasteiger partial charge in [0.1, 0.15) is 17.3 Å². The largest absolute Gasteiger partial charge is 0.305 e. The topological polar surface area (TPSA) is 55.6 Å². The van der Waals surface area contributed by atoms with Crippen molar-refractivity contribution >= 4 is 0 Å². The highest BCUT2D eigenvalue weighted by Gasteiger charge is 2.16. The first kappa shape index (κ1) is 13.5. The van der Waals surface area contributed by atoms with Gasteiger partial charge in [-0.1, -0.05) is 0 Å². The number of benzene rings is 1. The van der Waals surface area contributed by atoms with E-state index in [0.717, 1.165) is 18.2 Å². The van der Waals surface area contributed by atoms with Crippen LogP contribution in [0.2, 0.25) is 0 Å². The Labute approximate surface area is 109 Å². The van der Waals surface area contributed by atoms with E-state index in [0.29, 0.717) is 12.4 Å². The van der Waals surface area contributed by atoms with Gasteiger partial charge in [0.05, 0.1) is 6.54 Å². The molecule has 0 saturated carbocycles. The van der Waals surface area contributed by atoms with E-state index in [2.05, 4.69) is 20.8 Å². The summed E-state index contributed by atoms with van der Waals surface area (Å²) < 4.78 is 28.1. The monoisotopic (exact) mass is 267 g/mol. The molecule has 0 aliphatic rings. The maximum absolute atomic E-state index is 13.7. The first-order valence-electron chi connectivity index (χ1n) is 5.84. The van der Waals surface area contributed by atoms with Crippen molar-refractivity contribution in [2.75, 3.05) is 0 Å². The lowest BCUT2D eigenvalue weighted by Crippen LogP contribution is -2.36. The second kappa shape index (κ2) is 5.00. The predicted octanol–water partition coefficient (Wildman–Crippen LogP) is 1.83. The number of tetrazole rings is 1. The van der Waals surface area contributed by atoms with Crippen LogP contribution >= 0.6 is 0 Å². The molecule has 0 aliphatic heterocycles. The van der Waals surface area contributed by atoms with Crippen LogP contribution in [0, 0.1) is 11.6 Å². The van der Waals surface area contributed by atoms with Gasteiger partial charge >= 0.3 is 0 Å². The molecule has 0 amide bonds. The van der Waals surface area contributed by atoms with Gasteiger partial charge in [-0.25, -0.2) is 8.78 Å². The summed E-state index contributed by atoms with van der Waals surface area (Å²) >= 11 is 0. The lowest BCUT2D eigenvalue weighted by Gasteiger charge is -2.19. The summed E-state index contributed by atoms with van der Waals surface area (Å²) in [5.74, 6) is -0.702. The number of nitrogens with one attached hydrogen (secondary N) is 1. The molecule has 7 heteroatoms. The predicted molar refractivity (Wildman–Crippen MR) is 65.7 cm³/mol. The molecule has 0 saturated heterocycles. The molecule has 0 atom stereocenters. The molecular formula is C12H15F2N5. The molecule has 2 rings (SSSR count). The highest BCUT2D eigenvalue weighted by atomic mass is 19.1. The van der Waals surface area contributed by atoms with Crippen molar-refractivity contribution in [3.05, 3.63) is 35.7 Å². The van der Waals surface area contributed by atoms with Crippen molar-refractivity contribution < 1.29 is 8.78 Å². The van der Waals surface area contributed by atoms with Crippen LogP contribution in [0.4, 0.5) is 8.78 Å². The van der Waals surface area contributed by atoms with E-state index in [4.69, 9.17) is 0 Å². The van der Waals surface area contributed by atoms with Gasteiger partial charge in [-0.15, -0.1) is 5.10 Å². The molecule has 1 aromatic heterocycles. The molecule has 0 spiro atoms. The SMILES string of the molecule is CC(C)(C)NCc1nnnn1-c1cc(F)ccc1F. The Morgan fingerprint density at radius 3 is 2.68 bits per heavy atom. The summed E-state index contributed by atoms with van der Waals surface area (Å²) in [6, 6.07) is 3.16. The van der Waals surface area contributed by atoms with Crippen LogP contribution in [0.15, 0.2) is 18.2 Å². The summed E-state index contributed by atoms with van der Waals surface area (Å²) in [7, 11) is 0. The van der Waals surface area contributed by atoms with E-state index in [1.807, 2.05) is 20.8 Å². The first-order chi connectivity index (χ1) is 8.87. The number of rotatable bonds is 3. The third-order valence-electron chi connectivity index (χ3n) is 2.45. The van der Waals surface area contributed by atoms with E-state index < -0.39 is 11.6 Å². The maximum atomic E-state index is 13.7. The van der Waals surface area contributed by atoms with Crippen LogP contribution < -0.4 is 5.32 Å². The zero-order chi connectivity index (χ0) is 14.0. The second-order valence-corrected chi connectivity index (χ2v) is 5.21. The van der Waals surface area contributed by atoms with Gasteiger partial charge in [-0.2, -0.15) is 4.68 Å². The van der Waals surface area contributed by atoms with Gasteiger partial charge in [-0.3, -0.25) is 0 Å². The average Bonchev–Trinajstić information content (AvgIpc) is 2.77. The molecule has 0 fully saturated rings. The highest BCUT2D eigenvalue weighted by molar-refractivity contribution is 5.33. The minimum atomic E-state index is -0.578. The van der Waals surface area contributed by atoms with Gasteiger partial charge in [0, 0.05) is 11.6 Å². The summed E-state index contributed by atoms with van der Waals surface area (Å²) in [5.41, 5.74) is -0.132. The molecular weight excluding hydrogens is 252 g/mol. The number of hydrogen-bond acceptors (Lipinski definition) is 4. The Balaban J connectivity index is 2.31. The lowest BCUT2D eigenvalue weighted by atomic mass is 10.1. The van der Waals surface area contributed by atoms with E-state index in [-0.39, 0.29) is 11.2 Å². The molecule has 0 unspecified atom stereocenters. The highest BCUT2D eigenvalue weighted by Crippen LogP contribution is 2.15. The third kappa shape index (κ3) is 3.31. The van der Waals surface area contributed by atoms with Gasteiger partial charge < -0.3 is 5.32 Å². The number of nitrogens with zero attached hydrogens (tertiary/aromatic N) is 4. The fraction of sp³-hybridized carbons (Fsp3) is 0.417. The van der Waals surface area contributed by atoms with E-state index >= 15 is 0 Å². The van der Waals surface area contributed by atoms with Gasteiger partial charge in [0.15, 0.2) is 5.82 Å². The lowest BCUT2D eigenvalue weighted by molar-refractivity contribution is 0.414. The van der Waals surface area contributed by atoms with E-state index in [1.54, 1.807) is 0 Å². The standard InChI is InChI=1S/C12H15F2N5/c1-12(2,3)15-7-11-16-17-18-19(11)10-6-8(13)4-5-9(10)14/h4-6,15H,7H2,1-3H3. The Hall–Kier alpha value is -1.89. The van der Waals surface area contributed by atoms with Crippen LogP contribution in [0.5, 0.6) is 0 Å². The van der Waals surface area contributed by atoms with E-state index in [1.165, 1.54) is 4.68 Å². The maximum Gasteiger partial charge on any atom is 0.170 e. The summed E-state index contributed by atoms with van der Waals surface area (Å²) in [4.78, 5) is 0. The number of halogens is 2. The summed E-state index contributed by atoms with van der Waals surface area (Å²) in [6.07, 6.45) is 0. The Kier molecular flexibility index (Phi) is 3.57. The molecule has 102 valence electrons. The fourth-order valence-electron chi connectivity index (χ4n) is 1.50. The molecule has 1 heterocycles. The van der Waals surface area contributed by atoms with E-state index in [9.17, 15) is 8.78 Å². The van der Waals surface area contributed by atoms with Crippen molar-refractivity contribution in [3.63, 3.8) is 0 Å². The minimum Gasteiger partial charge on any atom is -0.305 e. The second-order valence-electron chi connectivity index (χ2n) is 5.21. The zero-order valence-corrected chi connectivity index (χ0v) is 11.0. The van der Waals surface area contributed by atoms with Crippen LogP contribution in [0.3, 0.4) is 0 Å². The average molecular weight is 267 g/mol. The zero-order valence-electron chi connectivity index (χ0n) is 11.0.